The van der Waals surface area contributed by atoms with E-state index in [-0.39, 0.29) is 6.04 Å². The predicted molar refractivity (Wildman–Crippen MR) is 71.2 cm³/mol. The van der Waals surface area contributed by atoms with Gasteiger partial charge in [0.05, 0.1) is 12.1 Å². The summed E-state index contributed by atoms with van der Waals surface area (Å²) in [6.45, 7) is 9.95. The van der Waals surface area contributed by atoms with Gasteiger partial charge in [-0.25, -0.2) is 4.68 Å². The van der Waals surface area contributed by atoms with Crippen molar-refractivity contribution >= 4 is 0 Å². The lowest BCUT2D eigenvalue weighted by molar-refractivity contribution is 0.231. The molecule has 1 saturated carbocycles. The first kappa shape index (κ1) is 13.5. The Kier molecular flexibility index (Phi) is 4.00. The second kappa shape index (κ2) is 5.34. The Morgan fingerprint density at radius 1 is 1.50 bits per heavy atom. The van der Waals surface area contributed by atoms with E-state index in [9.17, 15) is 0 Å². The van der Waals surface area contributed by atoms with Gasteiger partial charge in [0.2, 0.25) is 0 Å². The topological polar surface area (TPSA) is 55.6 Å². The highest BCUT2D eigenvalue weighted by molar-refractivity contribution is 4.97. The SMILES string of the molecule is CCCNC(C)c1nnnn1C1CCCC1(C)C. The van der Waals surface area contributed by atoms with Crippen molar-refractivity contribution in [2.45, 2.75) is 65.5 Å². The molecule has 0 saturated heterocycles. The molecule has 1 fully saturated rings. The van der Waals surface area contributed by atoms with E-state index in [1.807, 2.05) is 0 Å². The van der Waals surface area contributed by atoms with Gasteiger partial charge in [0.1, 0.15) is 0 Å². The smallest absolute Gasteiger partial charge is 0.168 e. The van der Waals surface area contributed by atoms with Crippen LogP contribution in [-0.4, -0.2) is 26.8 Å². The van der Waals surface area contributed by atoms with Crippen molar-refractivity contribution in [3.8, 4) is 0 Å². The van der Waals surface area contributed by atoms with Crippen LogP contribution in [0.3, 0.4) is 0 Å². The molecule has 0 spiro atoms. The van der Waals surface area contributed by atoms with Crippen molar-refractivity contribution in [2.24, 2.45) is 5.41 Å². The fraction of sp³-hybridized carbons (Fsp3) is 0.923. The van der Waals surface area contributed by atoms with Gasteiger partial charge in [-0.1, -0.05) is 27.2 Å². The lowest BCUT2D eigenvalue weighted by Gasteiger charge is -2.28. The van der Waals surface area contributed by atoms with Crippen LogP contribution in [0.15, 0.2) is 0 Å². The summed E-state index contributed by atoms with van der Waals surface area (Å²) >= 11 is 0. The highest BCUT2D eigenvalue weighted by Crippen LogP contribution is 2.45. The number of tetrazole rings is 1. The van der Waals surface area contributed by atoms with E-state index in [2.05, 4.69) is 53.2 Å². The number of hydrogen-bond donors (Lipinski definition) is 1. The first-order chi connectivity index (χ1) is 8.56. The molecule has 0 aromatic carbocycles. The van der Waals surface area contributed by atoms with Crippen LogP contribution >= 0.6 is 0 Å². The van der Waals surface area contributed by atoms with Gasteiger partial charge in [-0.2, -0.15) is 0 Å². The van der Waals surface area contributed by atoms with Gasteiger partial charge in [0.25, 0.3) is 0 Å². The number of nitrogens with one attached hydrogen (secondary N) is 1. The zero-order valence-electron chi connectivity index (χ0n) is 12.0. The van der Waals surface area contributed by atoms with E-state index in [0.29, 0.717) is 11.5 Å². The van der Waals surface area contributed by atoms with Crippen molar-refractivity contribution in [3.63, 3.8) is 0 Å². The van der Waals surface area contributed by atoms with E-state index >= 15 is 0 Å². The van der Waals surface area contributed by atoms with E-state index in [0.717, 1.165) is 18.8 Å². The highest BCUT2D eigenvalue weighted by atomic mass is 15.6. The van der Waals surface area contributed by atoms with Gasteiger partial charge >= 0.3 is 0 Å². The maximum atomic E-state index is 4.24. The number of nitrogens with zero attached hydrogens (tertiary/aromatic N) is 4. The van der Waals surface area contributed by atoms with E-state index in [1.165, 1.54) is 19.3 Å². The third kappa shape index (κ3) is 2.55. The molecule has 18 heavy (non-hydrogen) atoms. The van der Waals surface area contributed by atoms with E-state index in [1.54, 1.807) is 0 Å². The Balaban J connectivity index is 2.17. The first-order valence-electron chi connectivity index (χ1n) is 7.07. The van der Waals surface area contributed by atoms with Gasteiger partial charge in [0, 0.05) is 0 Å². The molecule has 1 heterocycles. The molecule has 5 heteroatoms. The van der Waals surface area contributed by atoms with Crippen LogP contribution in [0, 0.1) is 5.41 Å². The highest BCUT2D eigenvalue weighted by Gasteiger charge is 2.38. The summed E-state index contributed by atoms with van der Waals surface area (Å²) in [6.07, 6.45) is 4.84. The maximum absolute atomic E-state index is 4.24. The van der Waals surface area contributed by atoms with Gasteiger partial charge in [-0.05, 0) is 48.6 Å². The molecule has 102 valence electrons. The van der Waals surface area contributed by atoms with Crippen LogP contribution in [0.1, 0.15) is 71.3 Å². The zero-order chi connectivity index (χ0) is 13.2. The summed E-state index contributed by atoms with van der Waals surface area (Å²) in [6, 6.07) is 0.657. The number of rotatable bonds is 5. The number of hydrogen-bond acceptors (Lipinski definition) is 4. The van der Waals surface area contributed by atoms with Crippen LogP contribution in [-0.2, 0) is 0 Å². The number of aromatic nitrogens is 4. The molecule has 0 radical (unpaired) electrons. The summed E-state index contributed by atoms with van der Waals surface area (Å²) in [5.74, 6) is 0.975. The van der Waals surface area contributed by atoms with Crippen molar-refractivity contribution in [1.29, 1.82) is 0 Å². The Labute approximate surface area is 109 Å². The molecular formula is C13H25N5. The Morgan fingerprint density at radius 3 is 2.89 bits per heavy atom. The molecule has 2 atom stereocenters. The van der Waals surface area contributed by atoms with Gasteiger partial charge < -0.3 is 5.32 Å². The second-order valence-corrected chi connectivity index (χ2v) is 6.05. The van der Waals surface area contributed by atoms with Crippen molar-refractivity contribution < 1.29 is 0 Å². The molecule has 5 nitrogen and oxygen atoms in total. The van der Waals surface area contributed by atoms with E-state index < -0.39 is 0 Å². The molecule has 1 aliphatic carbocycles. The molecule has 0 amide bonds. The van der Waals surface area contributed by atoms with Crippen LogP contribution in [0.25, 0.3) is 0 Å². The van der Waals surface area contributed by atoms with Crippen LogP contribution in [0.4, 0.5) is 0 Å². The summed E-state index contributed by atoms with van der Waals surface area (Å²) in [7, 11) is 0. The predicted octanol–water partition coefficient (Wildman–Crippen LogP) is 2.48. The van der Waals surface area contributed by atoms with Gasteiger partial charge in [-0.15, -0.1) is 5.10 Å². The molecule has 1 aliphatic rings. The molecule has 1 N–H and O–H groups in total. The Hall–Kier alpha value is -0.970. The van der Waals surface area contributed by atoms with E-state index in [4.69, 9.17) is 0 Å². The summed E-state index contributed by atoms with van der Waals surface area (Å²) < 4.78 is 2.06. The average molecular weight is 251 g/mol. The van der Waals surface area contributed by atoms with Gasteiger partial charge in [-0.3, -0.25) is 0 Å². The minimum atomic E-state index is 0.219. The molecule has 2 rings (SSSR count). The average Bonchev–Trinajstić information content (AvgIpc) is 2.91. The molecule has 0 bridgehead atoms. The molecule has 1 aromatic heterocycles. The normalized spacial score (nSPS) is 24.3. The van der Waals surface area contributed by atoms with Crippen molar-refractivity contribution in [3.05, 3.63) is 5.82 Å². The molecular weight excluding hydrogens is 226 g/mol. The lowest BCUT2D eigenvalue weighted by Crippen LogP contribution is -2.28. The minimum Gasteiger partial charge on any atom is -0.307 e. The maximum Gasteiger partial charge on any atom is 0.168 e. The molecule has 1 aromatic rings. The largest absolute Gasteiger partial charge is 0.307 e. The monoisotopic (exact) mass is 251 g/mol. The molecule has 2 unspecified atom stereocenters. The first-order valence-corrected chi connectivity index (χ1v) is 7.07. The third-order valence-corrected chi connectivity index (χ3v) is 4.10. The van der Waals surface area contributed by atoms with Crippen LogP contribution in [0.5, 0.6) is 0 Å². The lowest BCUT2D eigenvalue weighted by atomic mass is 9.87. The fourth-order valence-electron chi connectivity index (χ4n) is 2.92. The summed E-state index contributed by atoms with van der Waals surface area (Å²) in [5.41, 5.74) is 0.300. The standard InChI is InChI=1S/C13H25N5/c1-5-9-14-10(2)12-15-16-17-18(12)11-7-6-8-13(11,3)4/h10-11,14H,5-9H2,1-4H3. The fourth-order valence-corrected chi connectivity index (χ4v) is 2.92. The van der Waals surface area contributed by atoms with Crippen LogP contribution in [0.2, 0.25) is 0 Å². The minimum absolute atomic E-state index is 0.219. The Bertz CT molecular complexity index is 384. The van der Waals surface area contributed by atoms with Crippen LogP contribution < -0.4 is 5.32 Å². The van der Waals surface area contributed by atoms with Gasteiger partial charge in [0.15, 0.2) is 5.82 Å². The zero-order valence-corrected chi connectivity index (χ0v) is 12.0. The molecule has 0 aliphatic heterocycles. The summed E-state index contributed by atoms with van der Waals surface area (Å²) in [5, 5.41) is 15.8. The second-order valence-electron chi connectivity index (χ2n) is 6.05. The third-order valence-electron chi connectivity index (χ3n) is 4.10. The van der Waals surface area contributed by atoms with Crippen molar-refractivity contribution in [1.82, 2.24) is 25.5 Å². The summed E-state index contributed by atoms with van der Waals surface area (Å²) in [4.78, 5) is 0. The Morgan fingerprint density at radius 2 is 2.28 bits per heavy atom. The quantitative estimate of drug-likeness (QED) is 0.873. The van der Waals surface area contributed by atoms with Crippen molar-refractivity contribution in [2.75, 3.05) is 6.54 Å².